The van der Waals surface area contributed by atoms with Crippen molar-refractivity contribution in [2.75, 3.05) is 37.8 Å². The van der Waals surface area contributed by atoms with Crippen LogP contribution in [0.3, 0.4) is 0 Å². The Morgan fingerprint density at radius 2 is 1.90 bits per heavy atom. The zero-order valence-corrected chi connectivity index (χ0v) is 25.2. The number of ether oxygens (including phenoxy) is 2. The van der Waals surface area contributed by atoms with Gasteiger partial charge in [-0.15, -0.1) is 0 Å². The highest BCUT2D eigenvalue weighted by Gasteiger charge is 2.35. The minimum absolute atomic E-state index is 0.182. The van der Waals surface area contributed by atoms with Gasteiger partial charge in [0.15, 0.2) is 4.80 Å². The predicted octanol–water partition coefficient (Wildman–Crippen LogP) is 4.78. The van der Waals surface area contributed by atoms with Crippen molar-refractivity contribution in [3.05, 3.63) is 112 Å². The van der Waals surface area contributed by atoms with Crippen molar-refractivity contribution < 1.29 is 18.7 Å². The van der Waals surface area contributed by atoms with E-state index in [9.17, 15) is 9.59 Å². The standard InChI is InChI=1S/C30H25BrClN3O5S/c1-2-39-29(37)24-25(18-6-4-3-5-7-18)33-30-35(26(24)19-8-10-20(32)11-9-19)27(36)23(41-30)17-21-16-22(31)28(40-21)34-12-14-38-15-13-34/h3-11,16-17,26H,2,12-15H2,1H3/b23-17+/t26-/m1/s1. The molecule has 6 rings (SSSR count). The van der Waals surface area contributed by atoms with Crippen molar-refractivity contribution in [2.24, 2.45) is 4.99 Å². The van der Waals surface area contributed by atoms with Crippen LogP contribution < -0.4 is 19.8 Å². The first kappa shape index (κ1) is 27.7. The second kappa shape index (κ2) is 11.8. The highest BCUT2D eigenvalue weighted by Crippen LogP contribution is 2.36. The molecular formula is C30H25BrClN3O5S. The molecule has 4 aromatic rings. The van der Waals surface area contributed by atoms with E-state index in [0.29, 0.717) is 63.6 Å². The van der Waals surface area contributed by atoms with Gasteiger partial charge < -0.3 is 18.8 Å². The minimum atomic E-state index is -0.771. The van der Waals surface area contributed by atoms with Crippen molar-refractivity contribution in [1.29, 1.82) is 0 Å². The van der Waals surface area contributed by atoms with E-state index >= 15 is 0 Å². The zero-order valence-electron chi connectivity index (χ0n) is 22.0. The summed E-state index contributed by atoms with van der Waals surface area (Å²) in [6.45, 7) is 4.61. The number of hydrogen-bond acceptors (Lipinski definition) is 8. The molecule has 210 valence electrons. The summed E-state index contributed by atoms with van der Waals surface area (Å²) in [6, 6.07) is 17.6. The zero-order chi connectivity index (χ0) is 28.5. The normalized spacial score (nSPS) is 17.4. The Labute approximate surface area is 252 Å². The molecule has 0 bridgehead atoms. The number of esters is 1. The molecule has 0 radical (unpaired) electrons. The first-order valence-electron chi connectivity index (χ1n) is 13.1. The molecule has 4 heterocycles. The average Bonchev–Trinajstić information content (AvgIpc) is 3.51. The van der Waals surface area contributed by atoms with E-state index < -0.39 is 12.0 Å². The molecule has 2 aromatic heterocycles. The topological polar surface area (TPSA) is 86.3 Å². The lowest BCUT2D eigenvalue weighted by molar-refractivity contribution is -0.138. The molecule has 0 N–H and O–H groups in total. The van der Waals surface area contributed by atoms with Crippen LogP contribution in [0, 0.1) is 0 Å². The highest BCUT2D eigenvalue weighted by atomic mass is 79.9. The number of halogens is 2. The lowest BCUT2D eigenvalue weighted by Gasteiger charge is -2.26. The molecular weight excluding hydrogens is 630 g/mol. The second-order valence-electron chi connectivity index (χ2n) is 9.38. The molecule has 41 heavy (non-hydrogen) atoms. The van der Waals surface area contributed by atoms with Gasteiger partial charge in [0.25, 0.3) is 5.56 Å². The van der Waals surface area contributed by atoms with Crippen LogP contribution in [0.15, 0.2) is 84.9 Å². The fourth-order valence-electron chi connectivity index (χ4n) is 4.96. The van der Waals surface area contributed by atoms with Crippen LogP contribution in [0.5, 0.6) is 0 Å². The maximum Gasteiger partial charge on any atom is 0.338 e. The van der Waals surface area contributed by atoms with Gasteiger partial charge in [0, 0.05) is 35.8 Å². The largest absolute Gasteiger partial charge is 0.463 e. The van der Waals surface area contributed by atoms with Crippen LogP contribution in [-0.4, -0.2) is 43.4 Å². The quantitative estimate of drug-likeness (QED) is 0.278. The molecule has 8 nitrogen and oxygen atoms in total. The van der Waals surface area contributed by atoms with Crippen molar-refractivity contribution in [2.45, 2.75) is 13.0 Å². The SMILES string of the molecule is CCOC(=O)C1=C(c2ccccc2)N=c2s/c(=C/c3cc(Br)c(N4CCOCC4)o3)c(=O)n2[C@@H]1c1ccc(Cl)cc1. The number of carbonyl (C=O) groups is 1. The fourth-order valence-corrected chi connectivity index (χ4v) is 6.62. The number of benzene rings is 2. The summed E-state index contributed by atoms with van der Waals surface area (Å²) < 4.78 is 19.9. The third-order valence-electron chi connectivity index (χ3n) is 6.82. The Bertz CT molecular complexity index is 1800. The maximum atomic E-state index is 14.0. The highest BCUT2D eigenvalue weighted by molar-refractivity contribution is 9.10. The number of thiazole rings is 1. The van der Waals surface area contributed by atoms with Crippen LogP contribution in [0.2, 0.25) is 5.02 Å². The molecule has 2 aromatic carbocycles. The summed E-state index contributed by atoms with van der Waals surface area (Å²) >= 11 is 11.0. The molecule has 0 aliphatic carbocycles. The lowest BCUT2D eigenvalue weighted by atomic mass is 9.93. The number of hydrogen-bond donors (Lipinski definition) is 0. The third kappa shape index (κ3) is 5.44. The van der Waals surface area contributed by atoms with E-state index in [2.05, 4.69) is 20.8 Å². The van der Waals surface area contributed by atoms with Crippen molar-refractivity contribution >= 4 is 62.5 Å². The van der Waals surface area contributed by atoms with Crippen LogP contribution >= 0.6 is 38.9 Å². The summed E-state index contributed by atoms with van der Waals surface area (Å²) in [6.07, 6.45) is 1.72. The summed E-state index contributed by atoms with van der Waals surface area (Å²) in [5, 5.41) is 0.547. The summed E-state index contributed by atoms with van der Waals surface area (Å²) in [5.41, 5.74) is 1.92. The Balaban J connectivity index is 1.55. The minimum Gasteiger partial charge on any atom is -0.463 e. The first-order valence-corrected chi connectivity index (χ1v) is 15.1. The molecule has 0 amide bonds. The molecule has 0 unspecified atom stereocenters. The summed E-state index contributed by atoms with van der Waals surface area (Å²) in [5.74, 6) is 0.691. The first-order chi connectivity index (χ1) is 19.9. The van der Waals surface area contributed by atoms with Crippen molar-refractivity contribution in [3.63, 3.8) is 0 Å². The average molecular weight is 655 g/mol. The number of anilines is 1. The smallest absolute Gasteiger partial charge is 0.338 e. The van der Waals surface area contributed by atoms with E-state index in [1.54, 1.807) is 29.7 Å². The van der Waals surface area contributed by atoms with E-state index in [-0.39, 0.29) is 17.7 Å². The van der Waals surface area contributed by atoms with Gasteiger partial charge in [-0.25, -0.2) is 9.79 Å². The number of carbonyl (C=O) groups excluding carboxylic acids is 1. The Hall–Kier alpha value is -3.44. The van der Waals surface area contributed by atoms with Gasteiger partial charge in [-0.1, -0.05) is 65.4 Å². The Kier molecular flexibility index (Phi) is 7.99. The number of furan rings is 1. The number of fused-ring (bicyclic) bond motifs is 1. The van der Waals surface area contributed by atoms with Gasteiger partial charge in [-0.3, -0.25) is 9.36 Å². The number of aromatic nitrogens is 1. The van der Waals surface area contributed by atoms with Crippen LogP contribution in [-0.2, 0) is 14.3 Å². The molecule has 2 aliphatic heterocycles. The summed E-state index contributed by atoms with van der Waals surface area (Å²) in [7, 11) is 0. The van der Waals surface area contributed by atoms with E-state index in [4.69, 9.17) is 30.5 Å². The van der Waals surface area contributed by atoms with E-state index in [1.807, 2.05) is 48.5 Å². The molecule has 0 spiro atoms. The van der Waals surface area contributed by atoms with Gasteiger partial charge in [0.05, 0.1) is 46.1 Å². The summed E-state index contributed by atoms with van der Waals surface area (Å²) in [4.78, 5) is 35.0. The van der Waals surface area contributed by atoms with Crippen molar-refractivity contribution in [1.82, 2.24) is 4.57 Å². The van der Waals surface area contributed by atoms with Crippen LogP contribution in [0.1, 0.15) is 29.9 Å². The van der Waals surface area contributed by atoms with Crippen LogP contribution in [0.25, 0.3) is 11.8 Å². The van der Waals surface area contributed by atoms with Gasteiger partial charge in [0.1, 0.15) is 5.76 Å². The molecule has 0 saturated carbocycles. The second-order valence-corrected chi connectivity index (χ2v) is 11.7. The number of morpholine rings is 1. The lowest BCUT2D eigenvalue weighted by Crippen LogP contribution is -2.40. The molecule has 2 aliphatic rings. The molecule has 1 saturated heterocycles. The Morgan fingerprint density at radius 1 is 1.17 bits per heavy atom. The maximum absolute atomic E-state index is 14.0. The number of rotatable bonds is 6. The number of nitrogens with zero attached hydrogens (tertiary/aromatic N) is 3. The Morgan fingerprint density at radius 3 is 2.61 bits per heavy atom. The predicted molar refractivity (Wildman–Crippen MR) is 162 cm³/mol. The van der Waals surface area contributed by atoms with Gasteiger partial charge in [0.2, 0.25) is 5.88 Å². The van der Waals surface area contributed by atoms with Gasteiger partial charge in [-0.2, -0.15) is 0 Å². The monoisotopic (exact) mass is 653 g/mol. The third-order valence-corrected chi connectivity index (χ3v) is 8.62. The van der Waals surface area contributed by atoms with E-state index in [1.165, 1.54) is 11.3 Å². The van der Waals surface area contributed by atoms with Gasteiger partial charge >= 0.3 is 5.97 Å². The fraction of sp³-hybridized carbons (Fsp3) is 0.233. The molecule has 11 heteroatoms. The molecule has 1 fully saturated rings. The van der Waals surface area contributed by atoms with Crippen LogP contribution in [0.4, 0.5) is 5.88 Å². The van der Waals surface area contributed by atoms with Crippen molar-refractivity contribution in [3.8, 4) is 0 Å². The molecule has 1 atom stereocenters. The van der Waals surface area contributed by atoms with E-state index in [0.717, 1.165) is 10.0 Å². The van der Waals surface area contributed by atoms with Gasteiger partial charge in [-0.05, 0) is 40.5 Å².